The molecule has 26 heavy (non-hydrogen) atoms. The second-order valence-electron chi connectivity index (χ2n) is 6.73. The van der Waals surface area contributed by atoms with E-state index in [4.69, 9.17) is 0 Å². The van der Waals surface area contributed by atoms with E-state index in [-0.39, 0.29) is 11.8 Å². The standard InChI is InChI=1S/C21H13N3O2/c1-23-14-9-5-3-7-12(14)16-17-19(21(26)22-20(17)25)24-13-8-4-2-6-11(13)10-15(24)18(16)23/h2-10H,1H3,(H,22,25,26). The minimum Gasteiger partial charge on any atom is -0.342 e. The van der Waals surface area contributed by atoms with E-state index in [1.165, 1.54) is 0 Å². The molecule has 0 fully saturated rings. The van der Waals surface area contributed by atoms with Crippen molar-refractivity contribution in [1.29, 1.82) is 0 Å². The third kappa shape index (κ3) is 1.39. The fourth-order valence-electron chi connectivity index (χ4n) is 4.41. The Hall–Kier alpha value is -3.60. The highest BCUT2D eigenvalue weighted by Gasteiger charge is 2.35. The lowest BCUT2D eigenvalue weighted by Crippen LogP contribution is -2.20. The van der Waals surface area contributed by atoms with Crippen LogP contribution in [0.5, 0.6) is 0 Å². The fourth-order valence-corrected chi connectivity index (χ4v) is 4.41. The lowest BCUT2D eigenvalue weighted by atomic mass is 10.1. The number of amides is 2. The average molecular weight is 339 g/mol. The zero-order valence-electron chi connectivity index (χ0n) is 13.9. The number of carbonyl (C=O) groups is 2. The minimum absolute atomic E-state index is 0.328. The first-order chi connectivity index (χ1) is 12.7. The summed E-state index contributed by atoms with van der Waals surface area (Å²) in [7, 11) is 2.00. The molecule has 0 spiro atoms. The first kappa shape index (κ1) is 13.7. The van der Waals surface area contributed by atoms with E-state index >= 15 is 0 Å². The van der Waals surface area contributed by atoms with Gasteiger partial charge in [-0.05, 0) is 18.2 Å². The van der Waals surface area contributed by atoms with Gasteiger partial charge in [-0.2, -0.15) is 0 Å². The second kappa shape index (κ2) is 4.32. The first-order valence-corrected chi connectivity index (χ1v) is 8.46. The maximum Gasteiger partial charge on any atom is 0.275 e. The van der Waals surface area contributed by atoms with Gasteiger partial charge in [0.15, 0.2) is 0 Å². The Morgan fingerprint density at radius 1 is 0.846 bits per heavy atom. The molecule has 0 radical (unpaired) electrons. The van der Waals surface area contributed by atoms with Gasteiger partial charge in [0, 0.05) is 28.7 Å². The van der Waals surface area contributed by atoms with Gasteiger partial charge in [-0.15, -0.1) is 0 Å². The number of benzene rings is 2. The number of nitrogens with one attached hydrogen (secondary N) is 1. The molecule has 1 aliphatic heterocycles. The van der Waals surface area contributed by atoms with Gasteiger partial charge in [0.05, 0.1) is 22.1 Å². The van der Waals surface area contributed by atoms with Gasteiger partial charge < -0.3 is 8.97 Å². The van der Waals surface area contributed by atoms with Crippen LogP contribution in [0.2, 0.25) is 0 Å². The van der Waals surface area contributed by atoms with Crippen LogP contribution in [-0.4, -0.2) is 20.8 Å². The summed E-state index contributed by atoms with van der Waals surface area (Å²) in [6.07, 6.45) is 0. The van der Waals surface area contributed by atoms with Crippen LogP contribution in [0.25, 0.3) is 38.2 Å². The number of pyridine rings is 1. The topological polar surface area (TPSA) is 55.5 Å². The van der Waals surface area contributed by atoms with Crippen molar-refractivity contribution in [3.63, 3.8) is 0 Å². The van der Waals surface area contributed by atoms with Crippen molar-refractivity contribution in [2.24, 2.45) is 7.05 Å². The Kier molecular flexibility index (Phi) is 2.27. The highest BCUT2D eigenvalue weighted by molar-refractivity contribution is 6.32. The van der Waals surface area contributed by atoms with Crippen molar-refractivity contribution in [3.05, 3.63) is 65.9 Å². The third-order valence-electron chi connectivity index (χ3n) is 5.44. The van der Waals surface area contributed by atoms with Crippen molar-refractivity contribution < 1.29 is 9.59 Å². The van der Waals surface area contributed by atoms with E-state index in [0.717, 1.165) is 38.2 Å². The van der Waals surface area contributed by atoms with Gasteiger partial charge in [-0.3, -0.25) is 14.9 Å². The van der Waals surface area contributed by atoms with Gasteiger partial charge in [0.2, 0.25) is 0 Å². The first-order valence-electron chi connectivity index (χ1n) is 8.46. The maximum atomic E-state index is 12.7. The van der Waals surface area contributed by atoms with E-state index in [1.54, 1.807) is 0 Å². The quantitative estimate of drug-likeness (QED) is 0.438. The van der Waals surface area contributed by atoms with Gasteiger partial charge in [0.1, 0.15) is 5.69 Å². The number of rotatable bonds is 0. The van der Waals surface area contributed by atoms with E-state index in [1.807, 2.05) is 60.0 Å². The molecule has 0 atom stereocenters. The number of fused-ring (bicyclic) bond motifs is 10. The number of hydrogen-bond acceptors (Lipinski definition) is 2. The molecule has 0 unspecified atom stereocenters. The van der Waals surface area contributed by atoms with Crippen molar-refractivity contribution in [2.75, 3.05) is 0 Å². The summed E-state index contributed by atoms with van der Waals surface area (Å²) in [4.78, 5) is 25.3. The Morgan fingerprint density at radius 3 is 2.42 bits per heavy atom. The molecule has 3 aromatic heterocycles. The summed E-state index contributed by atoms with van der Waals surface area (Å²) in [6.45, 7) is 0. The summed E-state index contributed by atoms with van der Waals surface area (Å²) in [5.41, 5.74) is 4.76. The maximum absolute atomic E-state index is 12.7. The summed E-state index contributed by atoms with van der Waals surface area (Å²) >= 11 is 0. The molecule has 0 bridgehead atoms. The summed E-state index contributed by atoms with van der Waals surface area (Å²) in [5, 5.41) is 5.36. The SMILES string of the molecule is Cn1c2ccccc2c2c3c(n4c5ccccc5cc4c21)C(=O)NC3=O. The summed E-state index contributed by atoms with van der Waals surface area (Å²) in [6, 6.07) is 18.0. The average Bonchev–Trinajstić information content (AvgIpc) is 3.26. The van der Waals surface area contributed by atoms with Crippen LogP contribution in [0.4, 0.5) is 0 Å². The van der Waals surface area contributed by atoms with Crippen LogP contribution in [0, 0.1) is 0 Å². The number of imide groups is 1. The molecule has 2 aromatic carbocycles. The molecule has 4 heterocycles. The normalized spacial score (nSPS) is 14.0. The predicted molar refractivity (Wildman–Crippen MR) is 101 cm³/mol. The number of aryl methyl sites for hydroxylation is 1. The number of hydrogen-bond donors (Lipinski definition) is 1. The molecule has 5 nitrogen and oxygen atoms in total. The van der Waals surface area contributed by atoms with Crippen LogP contribution in [0.1, 0.15) is 20.8 Å². The molecule has 1 N–H and O–H groups in total. The number of aromatic nitrogens is 2. The molecular weight excluding hydrogens is 326 g/mol. The highest BCUT2D eigenvalue weighted by Crippen LogP contribution is 2.39. The Balaban J connectivity index is 2.07. The molecule has 0 saturated carbocycles. The third-order valence-corrected chi connectivity index (χ3v) is 5.44. The monoisotopic (exact) mass is 339 g/mol. The molecule has 5 aromatic rings. The van der Waals surface area contributed by atoms with Crippen LogP contribution in [-0.2, 0) is 7.05 Å². The Bertz CT molecular complexity index is 1450. The molecule has 124 valence electrons. The van der Waals surface area contributed by atoms with Crippen molar-refractivity contribution in [3.8, 4) is 0 Å². The van der Waals surface area contributed by atoms with Crippen LogP contribution >= 0.6 is 0 Å². The summed E-state index contributed by atoms with van der Waals surface area (Å²) < 4.78 is 4.03. The van der Waals surface area contributed by atoms with E-state index < -0.39 is 0 Å². The zero-order chi connectivity index (χ0) is 17.6. The van der Waals surface area contributed by atoms with Gasteiger partial charge in [-0.25, -0.2) is 0 Å². The Labute approximate surface area is 147 Å². The van der Waals surface area contributed by atoms with Crippen molar-refractivity contribution in [1.82, 2.24) is 14.3 Å². The molecule has 5 heteroatoms. The number of carbonyl (C=O) groups excluding carboxylic acids is 2. The lowest BCUT2D eigenvalue weighted by molar-refractivity contribution is 0.0878. The number of nitrogens with zero attached hydrogens (tertiary/aromatic N) is 2. The van der Waals surface area contributed by atoms with Crippen LogP contribution in [0.15, 0.2) is 54.6 Å². The molecule has 0 saturated heterocycles. The smallest absolute Gasteiger partial charge is 0.275 e. The lowest BCUT2D eigenvalue weighted by Gasteiger charge is -2.07. The van der Waals surface area contributed by atoms with Crippen LogP contribution < -0.4 is 5.32 Å². The highest BCUT2D eigenvalue weighted by atomic mass is 16.2. The molecule has 1 aliphatic rings. The largest absolute Gasteiger partial charge is 0.342 e. The van der Waals surface area contributed by atoms with Gasteiger partial charge >= 0.3 is 0 Å². The molecular formula is C21H13N3O2. The molecule has 0 aliphatic carbocycles. The van der Waals surface area contributed by atoms with Gasteiger partial charge in [0.25, 0.3) is 11.8 Å². The van der Waals surface area contributed by atoms with Crippen LogP contribution in [0.3, 0.4) is 0 Å². The van der Waals surface area contributed by atoms with E-state index in [2.05, 4.69) is 16.0 Å². The Morgan fingerprint density at radius 2 is 1.58 bits per heavy atom. The van der Waals surface area contributed by atoms with E-state index in [9.17, 15) is 9.59 Å². The zero-order valence-corrected chi connectivity index (χ0v) is 13.9. The number of para-hydroxylation sites is 2. The van der Waals surface area contributed by atoms with Gasteiger partial charge in [-0.1, -0.05) is 36.4 Å². The second-order valence-corrected chi connectivity index (χ2v) is 6.73. The summed E-state index contributed by atoms with van der Waals surface area (Å²) in [5.74, 6) is -0.669. The van der Waals surface area contributed by atoms with Crippen molar-refractivity contribution >= 4 is 50.0 Å². The minimum atomic E-state index is -0.341. The predicted octanol–water partition coefficient (Wildman–Crippen LogP) is 3.62. The van der Waals surface area contributed by atoms with Crippen molar-refractivity contribution in [2.45, 2.75) is 0 Å². The molecule has 2 amide bonds. The van der Waals surface area contributed by atoms with E-state index in [0.29, 0.717) is 11.3 Å². The molecule has 6 rings (SSSR count). The fraction of sp³-hybridized carbons (Fsp3) is 0.0476.